The van der Waals surface area contributed by atoms with Gasteiger partial charge in [-0.2, -0.15) is 0 Å². The molecule has 2 aromatic rings. The Morgan fingerprint density at radius 1 is 1.07 bits per heavy atom. The van der Waals surface area contributed by atoms with Gasteiger partial charge >= 0.3 is 0 Å². The Hall–Kier alpha value is -1.67. The molecule has 0 saturated heterocycles. The van der Waals surface area contributed by atoms with Crippen LogP contribution in [0.4, 0.5) is 0 Å². The van der Waals surface area contributed by atoms with Crippen LogP contribution in [0.25, 0.3) is 0 Å². The number of aliphatic hydroxyl groups excluding tert-OH is 1. The van der Waals surface area contributed by atoms with E-state index in [1.807, 2.05) is 49.4 Å². The van der Waals surface area contributed by atoms with Crippen molar-refractivity contribution in [2.24, 2.45) is 0 Å². The lowest BCUT2D eigenvalue weighted by atomic mass is 10.0. The topological polar surface area (TPSA) is 33.1 Å². The minimum absolute atomic E-state index is 0.583. The molecule has 0 radical (unpaired) electrons. The Morgan fingerprint density at radius 2 is 1.80 bits per heavy atom. The molecule has 0 spiro atoms. The van der Waals surface area contributed by atoms with Crippen molar-refractivity contribution in [1.82, 2.24) is 4.98 Å². The lowest BCUT2D eigenvalue weighted by molar-refractivity contribution is 0.219. The maximum absolute atomic E-state index is 10.1. The van der Waals surface area contributed by atoms with Gasteiger partial charge in [0.05, 0.1) is 0 Å². The molecule has 0 saturated carbocycles. The van der Waals surface area contributed by atoms with Crippen molar-refractivity contribution < 1.29 is 5.11 Å². The maximum atomic E-state index is 10.1. The molecule has 1 unspecified atom stereocenters. The van der Waals surface area contributed by atoms with Crippen LogP contribution >= 0.6 is 0 Å². The third-order valence-electron chi connectivity index (χ3n) is 2.46. The number of aromatic nitrogens is 1. The molecule has 1 aromatic heterocycles. The van der Waals surface area contributed by atoms with E-state index in [9.17, 15) is 5.11 Å². The number of pyridine rings is 1. The number of hydrogen-bond donors (Lipinski definition) is 1. The first-order valence-corrected chi connectivity index (χ1v) is 4.93. The highest BCUT2D eigenvalue weighted by molar-refractivity contribution is 5.31. The molecular weight excluding hydrogens is 186 g/mol. The van der Waals surface area contributed by atoms with Crippen LogP contribution in [0.15, 0.2) is 48.7 Å². The normalized spacial score (nSPS) is 12.4. The molecule has 2 nitrogen and oxygen atoms in total. The number of aliphatic hydroxyl groups is 1. The number of nitrogens with zero attached hydrogens (tertiary/aromatic N) is 1. The van der Waals surface area contributed by atoms with Crippen LogP contribution in [-0.4, -0.2) is 10.1 Å². The Kier molecular flexibility index (Phi) is 2.79. The van der Waals surface area contributed by atoms with Crippen LogP contribution in [0.2, 0.25) is 0 Å². The van der Waals surface area contributed by atoms with Gasteiger partial charge in [0.15, 0.2) is 0 Å². The summed E-state index contributed by atoms with van der Waals surface area (Å²) in [5.74, 6) is 0. The smallest absolute Gasteiger partial charge is 0.106 e. The molecule has 76 valence electrons. The zero-order valence-electron chi connectivity index (χ0n) is 8.59. The Bertz CT molecular complexity index is 439. The molecule has 1 aromatic carbocycles. The molecule has 2 heteroatoms. The van der Waals surface area contributed by atoms with Gasteiger partial charge in [0.2, 0.25) is 0 Å². The second kappa shape index (κ2) is 4.24. The molecule has 1 heterocycles. The molecule has 0 aliphatic carbocycles. The van der Waals surface area contributed by atoms with E-state index in [2.05, 4.69) is 4.98 Å². The summed E-state index contributed by atoms with van der Waals surface area (Å²) in [6.07, 6.45) is 1.15. The van der Waals surface area contributed by atoms with Crippen LogP contribution < -0.4 is 0 Å². The second-order valence-electron chi connectivity index (χ2n) is 3.49. The zero-order valence-corrected chi connectivity index (χ0v) is 8.59. The van der Waals surface area contributed by atoms with Crippen LogP contribution in [-0.2, 0) is 0 Å². The van der Waals surface area contributed by atoms with Gasteiger partial charge in [0.25, 0.3) is 0 Å². The van der Waals surface area contributed by atoms with E-state index in [1.54, 1.807) is 6.20 Å². The quantitative estimate of drug-likeness (QED) is 0.806. The lowest BCUT2D eigenvalue weighted by Crippen LogP contribution is -2.02. The third-order valence-corrected chi connectivity index (χ3v) is 2.46. The molecular formula is C13H13NO. The molecule has 0 amide bonds. The molecule has 1 N–H and O–H groups in total. The summed E-state index contributed by atoms with van der Waals surface area (Å²) in [4.78, 5) is 4.17. The van der Waals surface area contributed by atoms with Crippen LogP contribution in [0, 0.1) is 6.92 Å². The lowest BCUT2D eigenvalue weighted by Gasteiger charge is -2.12. The fourth-order valence-corrected chi connectivity index (χ4v) is 1.60. The number of benzene rings is 1. The Balaban J connectivity index is 2.37. The summed E-state index contributed by atoms with van der Waals surface area (Å²) in [6.45, 7) is 1.90. The van der Waals surface area contributed by atoms with E-state index in [-0.39, 0.29) is 0 Å². The van der Waals surface area contributed by atoms with Crippen LogP contribution in [0.5, 0.6) is 0 Å². The summed E-state index contributed by atoms with van der Waals surface area (Å²) in [6, 6.07) is 13.4. The van der Waals surface area contributed by atoms with E-state index >= 15 is 0 Å². The molecule has 0 bridgehead atoms. The van der Waals surface area contributed by atoms with E-state index in [4.69, 9.17) is 0 Å². The highest BCUT2D eigenvalue weighted by Gasteiger charge is 2.11. The minimum Gasteiger partial charge on any atom is -0.384 e. The van der Waals surface area contributed by atoms with Crippen molar-refractivity contribution in [3.63, 3.8) is 0 Å². The number of aryl methyl sites for hydroxylation is 1. The van der Waals surface area contributed by atoms with Crippen molar-refractivity contribution >= 4 is 0 Å². The highest BCUT2D eigenvalue weighted by atomic mass is 16.3. The van der Waals surface area contributed by atoms with Crippen molar-refractivity contribution in [1.29, 1.82) is 0 Å². The maximum Gasteiger partial charge on any atom is 0.106 e. The first-order valence-electron chi connectivity index (χ1n) is 4.93. The minimum atomic E-state index is -0.583. The van der Waals surface area contributed by atoms with Gasteiger partial charge in [-0.25, -0.2) is 0 Å². The predicted molar refractivity (Wildman–Crippen MR) is 59.5 cm³/mol. The summed E-state index contributed by atoms with van der Waals surface area (Å²) in [7, 11) is 0. The van der Waals surface area contributed by atoms with Crippen LogP contribution in [0.3, 0.4) is 0 Å². The Labute approximate surface area is 89.2 Å². The summed E-state index contributed by atoms with van der Waals surface area (Å²) in [5.41, 5.74) is 2.63. The summed E-state index contributed by atoms with van der Waals surface area (Å²) in [5, 5.41) is 10.1. The van der Waals surface area contributed by atoms with Gasteiger partial charge < -0.3 is 5.11 Å². The predicted octanol–water partition coefficient (Wildman–Crippen LogP) is 2.47. The SMILES string of the molecule is Cc1ncccc1C(O)c1ccccc1. The fourth-order valence-electron chi connectivity index (χ4n) is 1.60. The first kappa shape index (κ1) is 9.87. The van der Waals surface area contributed by atoms with Gasteiger partial charge in [-0.3, -0.25) is 4.98 Å². The van der Waals surface area contributed by atoms with Gasteiger partial charge in [-0.15, -0.1) is 0 Å². The van der Waals surface area contributed by atoms with E-state index in [0.717, 1.165) is 16.8 Å². The van der Waals surface area contributed by atoms with E-state index < -0.39 is 6.10 Å². The average Bonchev–Trinajstić information content (AvgIpc) is 2.30. The first-order chi connectivity index (χ1) is 7.29. The number of hydrogen-bond acceptors (Lipinski definition) is 2. The van der Waals surface area contributed by atoms with Crippen molar-refractivity contribution in [2.75, 3.05) is 0 Å². The number of rotatable bonds is 2. The fraction of sp³-hybridized carbons (Fsp3) is 0.154. The monoisotopic (exact) mass is 199 g/mol. The summed E-state index contributed by atoms with van der Waals surface area (Å²) >= 11 is 0. The van der Waals surface area contributed by atoms with Gasteiger partial charge in [0.1, 0.15) is 6.10 Å². The zero-order chi connectivity index (χ0) is 10.7. The second-order valence-corrected chi connectivity index (χ2v) is 3.49. The van der Waals surface area contributed by atoms with Crippen molar-refractivity contribution in [3.8, 4) is 0 Å². The van der Waals surface area contributed by atoms with Gasteiger partial charge in [0, 0.05) is 17.5 Å². The van der Waals surface area contributed by atoms with Gasteiger partial charge in [-0.1, -0.05) is 36.4 Å². The van der Waals surface area contributed by atoms with E-state index in [1.165, 1.54) is 0 Å². The Morgan fingerprint density at radius 3 is 2.47 bits per heavy atom. The molecule has 0 aliphatic heterocycles. The highest BCUT2D eigenvalue weighted by Crippen LogP contribution is 2.22. The standard InChI is InChI=1S/C13H13NO/c1-10-12(8-5-9-14-10)13(15)11-6-3-2-4-7-11/h2-9,13,15H,1H3. The molecule has 0 fully saturated rings. The van der Waals surface area contributed by atoms with Gasteiger partial charge in [-0.05, 0) is 18.6 Å². The molecule has 1 atom stereocenters. The molecule has 0 aliphatic rings. The van der Waals surface area contributed by atoms with Crippen LogP contribution in [0.1, 0.15) is 22.9 Å². The average molecular weight is 199 g/mol. The largest absolute Gasteiger partial charge is 0.384 e. The summed E-state index contributed by atoms with van der Waals surface area (Å²) < 4.78 is 0. The van der Waals surface area contributed by atoms with Crippen molar-refractivity contribution in [2.45, 2.75) is 13.0 Å². The molecule has 15 heavy (non-hydrogen) atoms. The third kappa shape index (κ3) is 2.05. The van der Waals surface area contributed by atoms with E-state index in [0.29, 0.717) is 0 Å². The van der Waals surface area contributed by atoms with Crippen molar-refractivity contribution in [3.05, 3.63) is 65.5 Å². The molecule has 2 rings (SSSR count).